The first kappa shape index (κ1) is 16.9. The van der Waals surface area contributed by atoms with E-state index < -0.39 is 9.28 Å². The van der Waals surface area contributed by atoms with Crippen molar-refractivity contribution in [3.05, 3.63) is 11.8 Å². The zero-order chi connectivity index (χ0) is 13.9. The summed E-state index contributed by atoms with van der Waals surface area (Å²) in [5, 5.41) is 1.16. The third kappa shape index (κ3) is 7.74. The van der Waals surface area contributed by atoms with E-state index in [-0.39, 0.29) is 11.2 Å². The molecule has 0 radical (unpaired) electrons. The van der Waals surface area contributed by atoms with Gasteiger partial charge in [0.05, 0.1) is 11.2 Å². The topological polar surface area (TPSA) is 18.5 Å². The molecule has 0 aliphatic rings. The van der Waals surface area contributed by atoms with Crippen LogP contribution in [0.4, 0.5) is 0 Å². The molecule has 1 atom stereocenters. The first-order valence-electron chi connectivity index (χ1n) is 6.50. The highest BCUT2D eigenvalue weighted by Gasteiger charge is 2.30. The Bertz CT molecular complexity index is 232. The summed E-state index contributed by atoms with van der Waals surface area (Å²) in [6, 6.07) is 0. The fourth-order valence-corrected chi connectivity index (χ4v) is 3.65. The summed E-state index contributed by atoms with van der Waals surface area (Å²) >= 11 is 0. The van der Waals surface area contributed by atoms with E-state index in [2.05, 4.69) is 62.0 Å². The van der Waals surface area contributed by atoms with Gasteiger partial charge >= 0.3 is 9.28 Å². The van der Waals surface area contributed by atoms with E-state index in [0.717, 1.165) is 11.6 Å². The van der Waals surface area contributed by atoms with Gasteiger partial charge in [-0.15, -0.1) is 0 Å². The third-order valence-electron chi connectivity index (χ3n) is 2.47. The molecule has 102 valence electrons. The number of hydrogen-bond donors (Lipinski definition) is 0. The van der Waals surface area contributed by atoms with E-state index in [0.29, 0.717) is 5.92 Å². The first-order chi connectivity index (χ1) is 7.46. The molecular formula is C14H30O2Si. The minimum absolute atomic E-state index is 0.168. The quantitative estimate of drug-likeness (QED) is 0.695. The van der Waals surface area contributed by atoms with E-state index in [1.54, 1.807) is 0 Å². The molecule has 0 fully saturated rings. The standard InChI is InChI=1S/C14H30O2Si/c1-10-11(2)12(3)17(15-13(4,5)6)16-14(7,8)9/h11,17H,3,10H2,1-2,4-9H3. The molecule has 0 amide bonds. The number of hydrogen-bond acceptors (Lipinski definition) is 2. The molecule has 17 heavy (non-hydrogen) atoms. The van der Waals surface area contributed by atoms with Gasteiger partial charge in [0, 0.05) is 0 Å². The van der Waals surface area contributed by atoms with Crippen LogP contribution in [0, 0.1) is 5.92 Å². The maximum Gasteiger partial charge on any atom is 0.352 e. The molecule has 0 aliphatic carbocycles. The van der Waals surface area contributed by atoms with Crippen molar-refractivity contribution in [2.75, 3.05) is 0 Å². The van der Waals surface area contributed by atoms with E-state index in [1.165, 1.54) is 0 Å². The van der Waals surface area contributed by atoms with Crippen LogP contribution in [-0.4, -0.2) is 20.5 Å². The Morgan fingerprint density at radius 2 is 1.41 bits per heavy atom. The maximum absolute atomic E-state index is 6.12. The lowest BCUT2D eigenvalue weighted by atomic mass is 10.1. The molecule has 2 nitrogen and oxygen atoms in total. The lowest BCUT2D eigenvalue weighted by molar-refractivity contribution is 0.0372. The van der Waals surface area contributed by atoms with Crippen molar-refractivity contribution < 1.29 is 8.85 Å². The Balaban J connectivity index is 4.79. The van der Waals surface area contributed by atoms with Gasteiger partial charge in [0.2, 0.25) is 0 Å². The number of allylic oxidation sites excluding steroid dienone is 1. The maximum atomic E-state index is 6.12. The van der Waals surface area contributed by atoms with Crippen molar-refractivity contribution in [2.24, 2.45) is 5.92 Å². The molecular weight excluding hydrogens is 228 g/mol. The monoisotopic (exact) mass is 258 g/mol. The first-order valence-corrected chi connectivity index (χ1v) is 8.02. The summed E-state index contributed by atoms with van der Waals surface area (Å²) in [7, 11) is -1.85. The van der Waals surface area contributed by atoms with Gasteiger partial charge in [-0.25, -0.2) is 0 Å². The fourth-order valence-electron chi connectivity index (χ4n) is 1.31. The normalized spacial score (nSPS) is 15.1. The summed E-state index contributed by atoms with van der Waals surface area (Å²) in [6.07, 6.45) is 1.09. The van der Waals surface area contributed by atoms with Gasteiger partial charge < -0.3 is 8.85 Å². The Morgan fingerprint density at radius 3 is 1.65 bits per heavy atom. The van der Waals surface area contributed by atoms with Crippen LogP contribution in [-0.2, 0) is 8.85 Å². The van der Waals surface area contributed by atoms with Crippen molar-refractivity contribution in [3.8, 4) is 0 Å². The molecule has 3 heteroatoms. The van der Waals surface area contributed by atoms with Gasteiger partial charge in [-0.1, -0.05) is 26.8 Å². The Labute approximate surface area is 109 Å². The fraction of sp³-hybridized carbons (Fsp3) is 0.857. The van der Waals surface area contributed by atoms with Gasteiger partial charge in [-0.2, -0.15) is 0 Å². The minimum Gasteiger partial charge on any atom is -0.388 e. The summed E-state index contributed by atoms with van der Waals surface area (Å²) in [5.74, 6) is 0.469. The Hall–Kier alpha value is -0.123. The van der Waals surface area contributed by atoms with E-state index in [9.17, 15) is 0 Å². The van der Waals surface area contributed by atoms with Crippen LogP contribution in [0.5, 0.6) is 0 Å². The molecule has 0 rings (SSSR count). The summed E-state index contributed by atoms with van der Waals surface area (Å²) in [4.78, 5) is 0. The van der Waals surface area contributed by atoms with Crippen LogP contribution in [0.25, 0.3) is 0 Å². The molecule has 0 aliphatic heterocycles. The van der Waals surface area contributed by atoms with Gasteiger partial charge in [-0.3, -0.25) is 0 Å². The van der Waals surface area contributed by atoms with E-state index in [1.807, 2.05) is 0 Å². The predicted octanol–water partition coefficient (Wildman–Crippen LogP) is 3.98. The minimum atomic E-state index is -1.85. The zero-order valence-electron chi connectivity index (χ0n) is 12.9. The second-order valence-corrected chi connectivity index (χ2v) is 8.55. The molecule has 0 saturated carbocycles. The van der Waals surface area contributed by atoms with Crippen LogP contribution in [0.1, 0.15) is 61.8 Å². The molecule has 0 aromatic rings. The molecule has 0 heterocycles. The lowest BCUT2D eigenvalue weighted by Gasteiger charge is -2.34. The van der Waals surface area contributed by atoms with Crippen molar-refractivity contribution in [1.82, 2.24) is 0 Å². The van der Waals surface area contributed by atoms with E-state index in [4.69, 9.17) is 8.85 Å². The third-order valence-corrected chi connectivity index (χ3v) is 5.49. The van der Waals surface area contributed by atoms with Gasteiger partial charge in [0.25, 0.3) is 0 Å². The van der Waals surface area contributed by atoms with Crippen LogP contribution >= 0.6 is 0 Å². The summed E-state index contributed by atoms with van der Waals surface area (Å²) in [5.41, 5.74) is -0.336. The zero-order valence-corrected chi connectivity index (χ0v) is 14.0. The van der Waals surface area contributed by atoms with Crippen LogP contribution < -0.4 is 0 Å². The molecule has 0 spiro atoms. The van der Waals surface area contributed by atoms with Crippen LogP contribution in [0.15, 0.2) is 11.8 Å². The predicted molar refractivity (Wildman–Crippen MR) is 77.4 cm³/mol. The van der Waals surface area contributed by atoms with Crippen molar-refractivity contribution in [3.63, 3.8) is 0 Å². The highest BCUT2D eigenvalue weighted by Crippen LogP contribution is 2.24. The highest BCUT2D eigenvalue weighted by atomic mass is 28.3. The molecule has 0 bridgehead atoms. The van der Waals surface area contributed by atoms with E-state index >= 15 is 0 Å². The second-order valence-electron chi connectivity index (χ2n) is 6.68. The van der Waals surface area contributed by atoms with Gasteiger partial charge in [0.15, 0.2) is 0 Å². The molecule has 0 N–H and O–H groups in total. The second kappa shape index (κ2) is 6.16. The molecule has 1 unspecified atom stereocenters. The van der Waals surface area contributed by atoms with Gasteiger partial charge in [0.1, 0.15) is 0 Å². The Kier molecular flexibility index (Phi) is 6.12. The summed E-state index contributed by atoms with van der Waals surface area (Å²) < 4.78 is 12.2. The highest BCUT2D eigenvalue weighted by molar-refractivity contribution is 6.53. The average Bonchev–Trinajstić information content (AvgIpc) is 2.09. The molecule has 0 saturated heterocycles. The van der Waals surface area contributed by atoms with Crippen molar-refractivity contribution in [1.29, 1.82) is 0 Å². The molecule has 0 aromatic carbocycles. The van der Waals surface area contributed by atoms with Gasteiger partial charge in [-0.05, 0) is 52.7 Å². The SMILES string of the molecule is C=C(C(C)CC)[SiH](OC(C)(C)C)OC(C)(C)C. The molecule has 0 aromatic heterocycles. The largest absolute Gasteiger partial charge is 0.388 e. The summed E-state index contributed by atoms with van der Waals surface area (Å²) in [6.45, 7) is 21.0. The number of rotatable bonds is 5. The van der Waals surface area contributed by atoms with Crippen molar-refractivity contribution >= 4 is 9.28 Å². The Morgan fingerprint density at radius 1 is 1.06 bits per heavy atom. The lowest BCUT2D eigenvalue weighted by Crippen LogP contribution is -2.41. The van der Waals surface area contributed by atoms with Crippen LogP contribution in [0.2, 0.25) is 0 Å². The average molecular weight is 258 g/mol. The van der Waals surface area contributed by atoms with Crippen molar-refractivity contribution in [2.45, 2.75) is 73.0 Å². The van der Waals surface area contributed by atoms with Crippen LogP contribution in [0.3, 0.4) is 0 Å². The smallest absolute Gasteiger partial charge is 0.352 e.